The van der Waals surface area contributed by atoms with Gasteiger partial charge in [-0.05, 0) is 29.6 Å². The molecule has 0 radical (unpaired) electrons. The van der Waals surface area contributed by atoms with Gasteiger partial charge in [-0.25, -0.2) is 4.98 Å². The van der Waals surface area contributed by atoms with Crippen LogP contribution in [0, 0.1) is 0 Å². The fourth-order valence-electron chi connectivity index (χ4n) is 2.14. The summed E-state index contributed by atoms with van der Waals surface area (Å²) in [5, 5.41) is 14.2. The van der Waals surface area contributed by atoms with Gasteiger partial charge in [0.1, 0.15) is 16.7 Å². The fraction of sp³-hybridized carbons (Fsp3) is 0. The monoisotopic (exact) mass is 330 g/mol. The summed E-state index contributed by atoms with van der Waals surface area (Å²) in [5.41, 5.74) is 3.47. The number of halogens is 1. The van der Waals surface area contributed by atoms with E-state index in [1.165, 1.54) is 0 Å². The number of fused-ring (bicyclic) bond motifs is 3. The number of aromatic nitrogens is 4. The molecule has 1 aromatic carbocycles. The Balaban J connectivity index is 2.19. The van der Waals surface area contributed by atoms with Crippen molar-refractivity contribution in [2.45, 2.75) is 0 Å². The Morgan fingerprint density at radius 3 is 2.84 bits per heavy atom. The lowest BCUT2D eigenvalue weighted by Crippen LogP contribution is -1.87. The second kappa shape index (κ2) is 4.11. The van der Waals surface area contributed by atoms with Crippen LogP contribution in [0.3, 0.4) is 0 Å². The Hall–Kier alpha value is -1.79. The highest BCUT2D eigenvalue weighted by Crippen LogP contribution is 2.32. The Morgan fingerprint density at radius 1 is 1.11 bits per heavy atom. The Labute approximate surface area is 120 Å². The standard InChI is InChI=1S/C13H7BrN4S/c14-7-3-4-8-9(6-7)15-12(10-2-1-5-19-10)13-11(8)16-18-17-13/h1-6H,(H,16,17,18). The largest absolute Gasteiger partial charge is 0.244 e. The third-order valence-corrected chi connectivity index (χ3v) is 4.34. The van der Waals surface area contributed by atoms with Crippen molar-refractivity contribution in [3.05, 3.63) is 40.2 Å². The first-order valence-electron chi connectivity index (χ1n) is 5.66. The molecule has 6 heteroatoms. The van der Waals surface area contributed by atoms with Gasteiger partial charge in [0.2, 0.25) is 0 Å². The van der Waals surface area contributed by atoms with E-state index in [1.54, 1.807) is 11.3 Å². The number of hydrogen-bond acceptors (Lipinski definition) is 4. The van der Waals surface area contributed by atoms with Crippen LogP contribution >= 0.6 is 27.3 Å². The summed E-state index contributed by atoms with van der Waals surface area (Å²) in [4.78, 5) is 5.83. The lowest BCUT2D eigenvalue weighted by Gasteiger charge is -2.03. The molecule has 0 aliphatic heterocycles. The second-order valence-electron chi connectivity index (χ2n) is 4.12. The van der Waals surface area contributed by atoms with E-state index in [1.807, 2.05) is 35.7 Å². The number of nitrogens with one attached hydrogen (secondary N) is 1. The van der Waals surface area contributed by atoms with Crippen LogP contribution in [-0.4, -0.2) is 20.4 Å². The normalized spacial score (nSPS) is 11.4. The summed E-state index contributed by atoms with van der Waals surface area (Å²) in [6, 6.07) is 10.1. The smallest absolute Gasteiger partial charge is 0.140 e. The van der Waals surface area contributed by atoms with Gasteiger partial charge < -0.3 is 0 Å². The van der Waals surface area contributed by atoms with Crippen LogP contribution < -0.4 is 0 Å². The van der Waals surface area contributed by atoms with E-state index in [4.69, 9.17) is 4.98 Å². The van der Waals surface area contributed by atoms with Gasteiger partial charge in [0.05, 0.1) is 10.4 Å². The van der Waals surface area contributed by atoms with E-state index >= 15 is 0 Å². The van der Waals surface area contributed by atoms with E-state index < -0.39 is 0 Å². The summed E-state index contributed by atoms with van der Waals surface area (Å²) in [5.74, 6) is 0. The molecule has 0 unspecified atom stereocenters. The predicted molar refractivity (Wildman–Crippen MR) is 80.2 cm³/mol. The number of nitrogens with zero attached hydrogens (tertiary/aromatic N) is 3. The van der Waals surface area contributed by atoms with Crippen molar-refractivity contribution in [1.29, 1.82) is 0 Å². The van der Waals surface area contributed by atoms with Gasteiger partial charge in [-0.2, -0.15) is 15.4 Å². The van der Waals surface area contributed by atoms with Gasteiger partial charge in [-0.3, -0.25) is 0 Å². The minimum Gasteiger partial charge on any atom is -0.244 e. The minimum atomic E-state index is 0.817. The summed E-state index contributed by atoms with van der Waals surface area (Å²) in [6.07, 6.45) is 0. The Morgan fingerprint density at radius 2 is 2.00 bits per heavy atom. The lowest BCUT2D eigenvalue weighted by molar-refractivity contribution is 0.960. The Kier molecular flexibility index (Phi) is 2.39. The zero-order chi connectivity index (χ0) is 12.8. The first kappa shape index (κ1) is 11.1. The third-order valence-electron chi connectivity index (χ3n) is 2.97. The average molecular weight is 331 g/mol. The van der Waals surface area contributed by atoms with Crippen molar-refractivity contribution < 1.29 is 0 Å². The molecule has 19 heavy (non-hydrogen) atoms. The molecule has 0 spiro atoms. The lowest BCUT2D eigenvalue weighted by atomic mass is 10.1. The number of rotatable bonds is 1. The van der Waals surface area contributed by atoms with Crippen molar-refractivity contribution in [2.75, 3.05) is 0 Å². The van der Waals surface area contributed by atoms with Crippen molar-refractivity contribution in [2.24, 2.45) is 0 Å². The average Bonchev–Trinajstić information content (AvgIpc) is 3.08. The molecule has 0 amide bonds. The molecular weight excluding hydrogens is 324 g/mol. The summed E-state index contributed by atoms with van der Waals surface area (Å²) in [6.45, 7) is 0. The minimum absolute atomic E-state index is 0.817. The van der Waals surface area contributed by atoms with Crippen LogP contribution in [0.1, 0.15) is 0 Å². The second-order valence-corrected chi connectivity index (χ2v) is 5.98. The van der Waals surface area contributed by atoms with Gasteiger partial charge in [0.25, 0.3) is 0 Å². The molecule has 0 saturated heterocycles. The molecule has 4 aromatic rings. The van der Waals surface area contributed by atoms with Gasteiger partial charge in [0, 0.05) is 9.86 Å². The maximum atomic E-state index is 4.74. The number of benzene rings is 1. The van der Waals surface area contributed by atoms with Crippen molar-refractivity contribution >= 4 is 49.2 Å². The van der Waals surface area contributed by atoms with E-state index in [0.29, 0.717) is 0 Å². The van der Waals surface area contributed by atoms with Crippen LogP contribution in [0.2, 0.25) is 0 Å². The molecule has 0 fully saturated rings. The van der Waals surface area contributed by atoms with Crippen LogP contribution in [0.15, 0.2) is 40.2 Å². The molecule has 1 N–H and O–H groups in total. The summed E-state index contributed by atoms with van der Waals surface area (Å²) in [7, 11) is 0. The van der Waals surface area contributed by atoms with E-state index in [9.17, 15) is 0 Å². The van der Waals surface area contributed by atoms with Gasteiger partial charge >= 0.3 is 0 Å². The van der Waals surface area contributed by atoms with Gasteiger partial charge in [0.15, 0.2) is 0 Å². The number of pyridine rings is 1. The van der Waals surface area contributed by atoms with E-state index in [-0.39, 0.29) is 0 Å². The third kappa shape index (κ3) is 1.67. The first-order chi connectivity index (χ1) is 9.33. The Bertz CT molecular complexity index is 882. The number of thiophene rings is 1. The van der Waals surface area contributed by atoms with Crippen LogP contribution in [-0.2, 0) is 0 Å². The zero-order valence-corrected chi connectivity index (χ0v) is 12.0. The molecule has 0 atom stereocenters. The molecule has 4 rings (SSSR count). The highest BCUT2D eigenvalue weighted by Gasteiger charge is 2.14. The van der Waals surface area contributed by atoms with Crippen LogP contribution in [0.4, 0.5) is 0 Å². The van der Waals surface area contributed by atoms with Crippen molar-refractivity contribution in [3.8, 4) is 10.6 Å². The predicted octanol–water partition coefficient (Wildman–Crippen LogP) is 4.00. The number of H-pyrrole nitrogens is 1. The van der Waals surface area contributed by atoms with E-state index in [0.717, 1.165) is 37.0 Å². The van der Waals surface area contributed by atoms with Crippen LogP contribution in [0.5, 0.6) is 0 Å². The molecule has 3 aromatic heterocycles. The molecule has 0 aliphatic rings. The van der Waals surface area contributed by atoms with Crippen LogP contribution in [0.25, 0.3) is 32.5 Å². The van der Waals surface area contributed by atoms with Gasteiger partial charge in [-0.15, -0.1) is 11.3 Å². The zero-order valence-electron chi connectivity index (χ0n) is 9.59. The van der Waals surface area contributed by atoms with Gasteiger partial charge in [-0.1, -0.05) is 22.0 Å². The SMILES string of the molecule is Brc1ccc2c(c1)nc(-c1cccs1)c1n[nH]nc12. The fourth-order valence-corrected chi connectivity index (χ4v) is 3.20. The highest BCUT2D eigenvalue weighted by atomic mass is 79.9. The molecule has 92 valence electrons. The summed E-state index contributed by atoms with van der Waals surface area (Å²) >= 11 is 5.13. The quantitative estimate of drug-likeness (QED) is 0.574. The van der Waals surface area contributed by atoms with Crippen molar-refractivity contribution in [3.63, 3.8) is 0 Å². The summed E-state index contributed by atoms with van der Waals surface area (Å²) < 4.78 is 1.01. The molecule has 0 saturated carbocycles. The number of aromatic amines is 1. The first-order valence-corrected chi connectivity index (χ1v) is 7.34. The van der Waals surface area contributed by atoms with Crippen molar-refractivity contribution in [1.82, 2.24) is 20.4 Å². The maximum Gasteiger partial charge on any atom is 0.140 e. The molecule has 4 nitrogen and oxygen atoms in total. The number of hydrogen-bond donors (Lipinski definition) is 1. The van der Waals surface area contributed by atoms with E-state index in [2.05, 4.69) is 31.3 Å². The molecular formula is C13H7BrN4S. The molecule has 0 aliphatic carbocycles. The maximum absolute atomic E-state index is 4.74. The molecule has 0 bridgehead atoms. The topological polar surface area (TPSA) is 54.5 Å². The highest BCUT2D eigenvalue weighted by molar-refractivity contribution is 9.10. The molecule has 3 heterocycles.